The molecule has 7 nitrogen and oxygen atoms in total. The number of aliphatic carboxylic acids is 1. The topological polar surface area (TPSA) is 110 Å². The number of fused-ring (bicyclic) bond motifs is 5. The smallest absolute Gasteiger partial charge is 0.481 e. The largest absolute Gasteiger partial charge is 0.511 e. The fraction of sp³-hybridized carbons (Fsp3) is 0.815. The zero-order valence-corrected chi connectivity index (χ0v) is 20.4. The molecule has 4 fully saturated rings. The summed E-state index contributed by atoms with van der Waals surface area (Å²) >= 11 is 0. The minimum absolute atomic E-state index is 0.120. The van der Waals surface area contributed by atoms with Gasteiger partial charge in [0, 0.05) is 11.8 Å². The van der Waals surface area contributed by atoms with Crippen molar-refractivity contribution in [3.05, 3.63) is 11.6 Å². The van der Waals surface area contributed by atoms with Gasteiger partial charge in [-0.05, 0) is 93.5 Å². The van der Waals surface area contributed by atoms with E-state index in [-0.39, 0.29) is 29.1 Å². The van der Waals surface area contributed by atoms with Crippen molar-refractivity contribution in [3.63, 3.8) is 0 Å². The van der Waals surface area contributed by atoms with Gasteiger partial charge in [-0.15, -0.1) is 0 Å². The summed E-state index contributed by atoms with van der Waals surface area (Å²) in [6.07, 6.45) is 10.4. The lowest BCUT2D eigenvalue weighted by Gasteiger charge is -2.58. The van der Waals surface area contributed by atoms with E-state index in [1.807, 2.05) is 6.92 Å². The van der Waals surface area contributed by atoms with Crippen molar-refractivity contribution in [2.45, 2.75) is 103 Å². The predicted molar refractivity (Wildman–Crippen MR) is 123 cm³/mol. The highest BCUT2D eigenvalue weighted by Crippen LogP contribution is 2.68. The summed E-state index contributed by atoms with van der Waals surface area (Å²) in [5.41, 5.74) is 0.219. The van der Waals surface area contributed by atoms with Crippen LogP contribution in [-0.2, 0) is 19.1 Å². The van der Waals surface area contributed by atoms with E-state index in [1.54, 1.807) is 6.08 Å². The molecule has 0 heterocycles. The SMILES string of the molecule is C[C@]12CC(C(=O)O)C(=O)C=C1CC[C@@H]1[C@H]2CC[C@@]2(C)[C@H]1CCC2(O)OC(=O)OC1CCCCC1. The van der Waals surface area contributed by atoms with E-state index in [4.69, 9.17) is 9.47 Å². The Hall–Kier alpha value is -1.89. The Kier molecular flexibility index (Phi) is 5.85. The van der Waals surface area contributed by atoms with Gasteiger partial charge in [-0.25, -0.2) is 4.79 Å². The van der Waals surface area contributed by atoms with Gasteiger partial charge >= 0.3 is 12.1 Å². The van der Waals surface area contributed by atoms with E-state index in [9.17, 15) is 24.6 Å². The average Bonchev–Trinajstić information content (AvgIpc) is 3.04. The van der Waals surface area contributed by atoms with E-state index in [0.29, 0.717) is 25.2 Å². The molecular formula is C27H38O7. The first-order valence-corrected chi connectivity index (χ1v) is 13.2. The first kappa shape index (κ1) is 23.8. The van der Waals surface area contributed by atoms with Crippen molar-refractivity contribution < 1.29 is 34.1 Å². The van der Waals surface area contributed by atoms with Crippen molar-refractivity contribution in [2.24, 2.45) is 34.5 Å². The first-order valence-electron chi connectivity index (χ1n) is 13.2. The highest BCUT2D eigenvalue weighted by atomic mass is 16.8. The Morgan fingerprint density at radius 1 is 1.00 bits per heavy atom. The third kappa shape index (κ3) is 3.61. The van der Waals surface area contributed by atoms with Crippen molar-refractivity contribution >= 4 is 17.9 Å². The number of aliphatic hydroxyl groups is 1. The second kappa shape index (κ2) is 8.35. The van der Waals surface area contributed by atoms with E-state index in [1.165, 1.54) is 6.42 Å². The number of carboxylic acids is 1. The lowest BCUT2D eigenvalue weighted by atomic mass is 9.46. The van der Waals surface area contributed by atoms with E-state index >= 15 is 0 Å². The van der Waals surface area contributed by atoms with Crippen LogP contribution in [0.15, 0.2) is 11.6 Å². The summed E-state index contributed by atoms with van der Waals surface area (Å²) in [6, 6.07) is 0. The second-order valence-corrected chi connectivity index (χ2v) is 12.0. The molecule has 0 spiro atoms. The third-order valence-electron chi connectivity index (χ3n) is 10.5. The van der Waals surface area contributed by atoms with Crippen LogP contribution in [0.25, 0.3) is 0 Å². The van der Waals surface area contributed by atoms with Crippen LogP contribution in [0.3, 0.4) is 0 Å². The molecular weight excluding hydrogens is 436 g/mol. The molecule has 5 aliphatic rings. The molecule has 4 saturated carbocycles. The van der Waals surface area contributed by atoms with Gasteiger partial charge < -0.3 is 19.7 Å². The Balaban J connectivity index is 1.34. The number of hydrogen-bond acceptors (Lipinski definition) is 6. The molecule has 5 rings (SSSR count). The second-order valence-electron chi connectivity index (χ2n) is 12.0. The maximum Gasteiger partial charge on any atom is 0.511 e. The van der Waals surface area contributed by atoms with E-state index in [2.05, 4.69) is 6.92 Å². The summed E-state index contributed by atoms with van der Waals surface area (Å²) in [5, 5.41) is 21.3. The standard InChI is InChI=1S/C27H38O7/c1-25-15-19(23(29)30)22(28)14-16(25)8-9-18-20(25)10-12-26(2)21(18)11-13-27(26,32)34-24(31)33-17-6-4-3-5-7-17/h14,17-21,32H,3-13,15H2,1-2H3,(H,29,30)/t18-,19?,20-,21+,25+,26+,27?/m1/s1. The molecule has 0 amide bonds. The summed E-state index contributed by atoms with van der Waals surface area (Å²) in [7, 11) is 0. The number of hydrogen-bond donors (Lipinski definition) is 2. The van der Waals surface area contributed by atoms with Gasteiger partial charge in [0.05, 0.1) is 0 Å². The maximum absolute atomic E-state index is 12.6. The van der Waals surface area contributed by atoms with Crippen molar-refractivity contribution in [1.82, 2.24) is 0 Å². The number of allylic oxidation sites excluding steroid dienone is 1. The van der Waals surface area contributed by atoms with E-state index in [0.717, 1.165) is 56.9 Å². The fourth-order valence-corrected chi connectivity index (χ4v) is 8.48. The lowest BCUT2D eigenvalue weighted by molar-refractivity contribution is -0.255. The molecule has 0 aliphatic heterocycles. The molecule has 0 saturated heterocycles. The summed E-state index contributed by atoms with van der Waals surface area (Å²) in [5.74, 6) is -3.09. The number of carboxylic acid groups (broad SMARTS) is 1. The Labute approximate surface area is 201 Å². The Bertz CT molecular complexity index is 905. The van der Waals surface area contributed by atoms with Crippen molar-refractivity contribution in [1.29, 1.82) is 0 Å². The molecule has 0 radical (unpaired) electrons. The molecule has 7 heteroatoms. The molecule has 7 atom stereocenters. The van der Waals surface area contributed by atoms with Gasteiger partial charge in [-0.2, -0.15) is 0 Å². The lowest BCUT2D eigenvalue weighted by Crippen LogP contribution is -2.56. The summed E-state index contributed by atoms with van der Waals surface area (Å²) in [4.78, 5) is 36.8. The predicted octanol–water partition coefficient (Wildman–Crippen LogP) is 5.00. The van der Waals surface area contributed by atoms with Crippen LogP contribution in [0.1, 0.15) is 90.9 Å². The Morgan fingerprint density at radius 3 is 2.41 bits per heavy atom. The van der Waals surface area contributed by atoms with Crippen LogP contribution >= 0.6 is 0 Å². The van der Waals surface area contributed by atoms with Gasteiger partial charge in [0.25, 0.3) is 0 Å². The third-order valence-corrected chi connectivity index (χ3v) is 10.5. The minimum atomic E-state index is -1.54. The van der Waals surface area contributed by atoms with Crippen LogP contribution in [0, 0.1) is 34.5 Å². The molecule has 0 aromatic carbocycles. The van der Waals surface area contributed by atoms with Gasteiger partial charge in [0.2, 0.25) is 5.79 Å². The van der Waals surface area contributed by atoms with Crippen LogP contribution in [0.4, 0.5) is 4.79 Å². The normalized spacial score (nSPS) is 44.3. The molecule has 2 unspecified atom stereocenters. The molecule has 34 heavy (non-hydrogen) atoms. The van der Waals surface area contributed by atoms with Gasteiger partial charge in [0.1, 0.15) is 12.0 Å². The zero-order chi connectivity index (χ0) is 24.3. The number of ketones is 1. The Morgan fingerprint density at radius 2 is 1.71 bits per heavy atom. The van der Waals surface area contributed by atoms with Crippen LogP contribution < -0.4 is 0 Å². The van der Waals surface area contributed by atoms with Crippen molar-refractivity contribution in [2.75, 3.05) is 0 Å². The molecule has 188 valence electrons. The summed E-state index contributed by atoms with van der Waals surface area (Å²) < 4.78 is 11.3. The van der Waals surface area contributed by atoms with Gasteiger partial charge in [-0.1, -0.05) is 25.8 Å². The minimum Gasteiger partial charge on any atom is -0.481 e. The summed E-state index contributed by atoms with van der Waals surface area (Å²) in [6.45, 7) is 4.19. The average molecular weight is 475 g/mol. The maximum atomic E-state index is 12.6. The quantitative estimate of drug-likeness (QED) is 0.336. The number of rotatable bonds is 3. The highest BCUT2D eigenvalue weighted by molar-refractivity contribution is 6.05. The molecule has 2 N–H and O–H groups in total. The monoisotopic (exact) mass is 474 g/mol. The first-order chi connectivity index (χ1) is 16.1. The highest BCUT2D eigenvalue weighted by Gasteiger charge is 2.66. The zero-order valence-electron chi connectivity index (χ0n) is 20.4. The fourth-order valence-electron chi connectivity index (χ4n) is 8.48. The number of ether oxygens (including phenoxy) is 2. The molecule has 0 aromatic rings. The van der Waals surface area contributed by atoms with Gasteiger partial charge in [0.15, 0.2) is 5.78 Å². The molecule has 5 aliphatic carbocycles. The van der Waals surface area contributed by atoms with E-state index < -0.39 is 29.2 Å². The molecule has 0 aromatic heterocycles. The van der Waals surface area contributed by atoms with Gasteiger partial charge in [-0.3, -0.25) is 9.59 Å². The number of carbonyl (C=O) groups excluding carboxylic acids is 2. The van der Waals surface area contributed by atoms with Crippen molar-refractivity contribution in [3.8, 4) is 0 Å². The van der Waals surface area contributed by atoms with Crippen LogP contribution in [0.5, 0.6) is 0 Å². The van der Waals surface area contributed by atoms with Crippen LogP contribution in [0.2, 0.25) is 0 Å². The molecule has 0 bridgehead atoms. The number of carbonyl (C=O) groups is 3. The van der Waals surface area contributed by atoms with Crippen LogP contribution in [-0.4, -0.2) is 40.0 Å².